The van der Waals surface area contributed by atoms with Gasteiger partial charge in [-0.05, 0) is 49.7 Å². The van der Waals surface area contributed by atoms with Crippen molar-refractivity contribution in [3.05, 3.63) is 35.4 Å². The Hall–Kier alpha value is -1.88. The molecular formula is C22H31NO4. The Kier molecular flexibility index (Phi) is 6.53. The standard InChI is InChI=1S/C22H31NO4/c1-16-7-3-4-8-19(16)22(11-5-2-6-12-22)21(26)23-15-18(20(24)25)17-9-13-27-14-10-17/h3-4,7-8,17-18H,2,5-6,9-15H2,1H3,(H,23,26)(H,24,25). The van der Waals surface area contributed by atoms with Crippen LogP contribution in [0.15, 0.2) is 24.3 Å². The molecule has 1 atom stereocenters. The molecule has 148 valence electrons. The molecule has 0 radical (unpaired) electrons. The van der Waals surface area contributed by atoms with Crippen LogP contribution in [0.1, 0.15) is 56.1 Å². The van der Waals surface area contributed by atoms with Crippen LogP contribution in [-0.4, -0.2) is 36.7 Å². The number of carbonyl (C=O) groups excluding carboxylic acids is 1. The summed E-state index contributed by atoms with van der Waals surface area (Å²) in [5.41, 5.74) is 1.70. The molecule has 0 spiro atoms. The summed E-state index contributed by atoms with van der Waals surface area (Å²) in [6, 6.07) is 8.11. The van der Waals surface area contributed by atoms with E-state index < -0.39 is 17.3 Å². The monoisotopic (exact) mass is 373 g/mol. The normalized spacial score (nSPS) is 21.4. The topological polar surface area (TPSA) is 75.6 Å². The second-order valence-electron chi connectivity index (χ2n) is 8.06. The van der Waals surface area contributed by atoms with E-state index in [4.69, 9.17) is 4.74 Å². The highest BCUT2D eigenvalue weighted by atomic mass is 16.5. The van der Waals surface area contributed by atoms with Crippen LogP contribution < -0.4 is 5.32 Å². The molecule has 2 aliphatic rings. The average molecular weight is 373 g/mol. The fraction of sp³-hybridized carbons (Fsp3) is 0.636. The van der Waals surface area contributed by atoms with Gasteiger partial charge in [-0.25, -0.2) is 0 Å². The number of carboxylic acids is 1. The molecule has 0 aromatic heterocycles. The van der Waals surface area contributed by atoms with Crippen LogP contribution in [0.2, 0.25) is 0 Å². The van der Waals surface area contributed by atoms with Gasteiger partial charge < -0.3 is 15.2 Å². The van der Waals surface area contributed by atoms with E-state index in [-0.39, 0.29) is 18.4 Å². The summed E-state index contributed by atoms with van der Waals surface area (Å²) in [5.74, 6) is -1.31. The van der Waals surface area contributed by atoms with E-state index in [1.807, 2.05) is 12.1 Å². The van der Waals surface area contributed by atoms with E-state index in [1.54, 1.807) is 0 Å². The molecule has 3 rings (SSSR count). The lowest BCUT2D eigenvalue weighted by Gasteiger charge is -2.38. The Balaban J connectivity index is 1.76. The summed E-state index contributed by atoms with van der Waals surface area (Å²) in [6.07, 6.45) is 6.37. The first-order valence-electron chi connectivity index (χ1n) is 10.2. The van der Waals surface area contributed by atoms with Gasteiger partial charge in [0.25, 0.3) is 0 Å². The van der Waals surface area contributed by atoms with Crippen molar-refractivity contribution in [1.82, 2.24) is 5.32 Å². The molecule has 1 aliphatic carbocycles. The summed E-state index contributed by atoms with van der Waals surface area (Å²) in [6.45, 7) is 3.47. The number of aryl methyl sites for hydroxylation is 1. The Morgan fingerprint density at radius 3 is 2.48 bits per heavy atom. The van der Waals surface area contributed by atoms with Gasteiger partial charge in [-0.3, -0.25) is 9.59 Å². The third kappa shape index (κ3) is 4.34. The molecule has 1 saturated heterocycles. The van der Waals surface area contributed by atoms with Crippen molar-refractivity contribution in [2.45, 2.75) is 57.3 Å². The van der Waals surface area contributed by atoms with Gasteiger partial charge in [0.1, 0.15) is 0 Å². The van der Waals surface area contributed by atoms with E-state index in [0.29, 0.717) is 13.2 Å². The zero-order chi connectivity index (χ0) is 19.3. The Bertz CT molecular complexity index is 660. The third-order valence-electron chi connectivity index (χ3n) is 6.44. The molecule has 2 N–H and O–H groups in total. The highest BCUT2D eigenvalue weighted by Gasteiger charge is 2.42. The quantitative estimate of drug-likeness (QED) is 0.801. The van der Waals surface area contributed by atoms with Crippen LogP contribution in [-0.2, 0) is 19.7 Å². The average Bonchev–Trinajstić information content (AvgIpc) is 2.69. The first-order valence-corrected chi connectivity index (χ1v) is 10.2. The predicted octanol–water partition coefficient (Wildman–Crippen LogP) is 3.44. The molecule has 27 heavy (non-hydrogen) atoms. The van der Waals surface area contributed by atoms with Gasteiger partial charge >= 0.3 is 5.97 Å². The maximum absolute atomic E-state index is 13.4. The highest BCUT2D eigenvalue weighted by Crippen LogP contribution is 2.41. The van der Waals surface area contributed by atoms with E-state index in [9.17, 15) is 14.7 Å². The predicted molar refractivity (Wildman–Crippen MR) is 104 cm³/mol. The van der Waals surface area contributed by atoms with Gasteiger partial charge in [0.2, 0.25) is 5.91 Å². The number of carbonyl (C=O) groups is 2. The molecule has 0 bridgehead atoms. The molecule has 1 saturated carbocycles. The van der Waals surface area contributed by atoms with Gasteiger partial charge in [-0.1, -0.05) is 43.5 Å². The zero-order valence-electron chi connectivity index (χ0n) is 16.2. The van der Waals surface area contributed by atoms with Crippen molar-refractivity contribution < 1.29 is 19.4 Å². The van der Waals surface area contributed by atoms with Crippen LogP contribution >= 0.6 is 0 Å². The van der Waals surface area contributed by atoms with Crippen LogP contribution in [0, 0.1) is 18.8 Å². The van der Waals surface area contributed by atoms with Gasteiger partial charge in [0.15, 0.2) is 0 Å². The molecule has 1 aromatic carbocycles. The maximum atomic E-state index is 13.4. The minimum atomic E-state index is -0.823. The summed E-state index contributed by atoms with van der Waals surface area (Å²) in [7, 11) is 0. The largest absolute Gasteiger partial charge is 0.481 e. The minimum absolute atomic E-state index is 0.00481. The molecule has 1 aromatic rings. The van der Waals surface area contributed by atoms with E-state index >= 15 is 0 Å². The second kappa shape index (κ2) is 8.87. The zero-order valence-corrected chi connectivity index (χ0v) is 16.2. The van der Waals surface area contributed by atoms with Gasteiger partial charge in [-0.15, -0.1) is 0 Å². The minimum Gasteiger partial charge on any atom is -0.481 e. The first kappa shape index (κ1) is 19.9. The van der Waals surface area contributed by atoms with Crippen molar-refractivity contribution in [2.75, 3.05) is 19.8 Å². The van der Waals surface area contributed by atoms with Crippen LogP contribution in [0.4, 0.5) is 0 Å². The molecule has 5 nitrogen and oxygen atoms in total. The molecular weight excluding hydrogens is 342 g/mol. The lowest BCUT2D eigenvalue weighted by Crippen LogP contribution is -2.49. The molecule has 5 heteroatoms. The molecule has 1 unspecified atom stereocenters. The number of benzene rings is 1. The third-order valence-corrected chi connectivity index (χ3v) is 6.44. The number of ether oxygens (including phenoxy) is 1. The Morgan fingerprint density at radius 1 is 1.19 bits per heavy atom. The van der Waals surface area contributed by atoms with E-state index in [2.05, 4.69) is 24.4 Å². The SMILES string of the molecule is Cc1ccccc1C1(C(=O)NCC(C(=O)O)C2CCOCC2)CCCCC1. The van der Waals surface area contributed by atoms with Gasteiger partial charge in [-0.2, -0.15) is 0 Å². The Labute approximate surface area is 161 Å². The number of aliphatic carboxylic acids is 1. The number of carboxylic acid groups (broad SMARTS) is 1. The lowest BCUT2D eigenvalue weighted by atomic mass is 9.67. The summed E-state index contributed by atoms with van der Waals surface area (Å²) < 4.78 is 5.36. The molecule has 1 heterocycles. The van der Waals surface area contributed by atoms with Crippen molar-refractivity contribution in [1.29, 1.82) is 0 Å². The summed E-state index contributed by atoms with van der Waals surface area (Å²) in [4.78, 5) is 25.2. The lowest BCUT2D eigenvalue weighted by molar-refractivity contribution is -0.145. The van der Waals surface area contributed by atoms with Crippen LogP contribution in [0.3, 0.4) is 0 Å². The number of rotatable bonds is 6. The fourth-order valence-corrected chi connectivity index (χ4v) is 4.83. The maximum Gasteiger partial charge on any atom is 0.308 e. The second-order valence-corrected chi connectivity index (χ2v) is 8.06. The van der Waals surface area contributed by atoms with Gasteiger partial charge in [0.05, 0.1) is 11.3 Å². The van der Waals surface area contributed by atoms with Crippen molar-refractivity contribution in [2.24, 2.45) is 11.8 Å². The van der Waals surface area contributed by atoms with Gasteiger partial charge in [0, 0.05) is 19.8 Å². The van der Waals surface area contributed by atoms with Crippen LogP contribution in [0.25, 0.3) is 0 Å². The fourth-order valence-electron chi connectivity index (χ4n) is 4.83. The number of hydrogen-bond acceptors (Lipinski definition) is 3. The van der Waals surface area contributed by atoms with E-state index in [1.165, 1.54) is 0 Å². The molecule has 1 amide bonds. The molecule has 2 fully saturated rings. The Morgan fingerprint density at radius 2 is 1.85 bits per heavy atom. The number of hydrogen-bond donors (Lipinski definition) is 2. The summed E-state index contributed by atoms with van der Waals surface area (Å²) >= 11 is 0. The smallest absolute Gasteiger partial charge is 0.308 e. The van der Waals surface area contributed by atoms with Crippen LogP contribution in [0.5, 0.6) is 0 Å². The number of nitrogens with one attached hydrogen (secondary N) is 1. The highest BCUT2D eigenvalue weighted by molar-refractivity contribution is 5.89. The van der Waals surface area contributed by atoms with Crippen molar-refractivity contribution in [3.8, 4) is 0 Å². The first-order chi connectivity index (χ1) is 13.0. The van der Waals surface area contributed by atoms with Crippen molar-refractivity contribution >= 4 is 11.9 Å². The molecule has 1 aliphatic heterocycles. The number of amides is 1. The van der Waals surface area contributed by atoms with E-state index in [0.717, 1.165) is 56.1 Å². The van der Waals surface area contributed by atoms with Crippen molar-refractivity contribution in [3.63, 3.8) is 0 Å². The summed E-state index contributed by atoms with van der Waals surface area (Å²) in [5, 5.41) is 12.7.